The van der Waals surface area contributed by atoms with E-state index in [1.807, 2.05) is 0 Å². The van der Waals surface area contributed by atoms with Crippen molar-refractivity contribution < 1.29 is 9.22 Å². The summed E-state index contributed by atoms with van der Waals surface area (Å²) in [5, 5.41) is 3.06. The third-order valence-corrected chi connectivity index (χ3v) is 10.6. The van der Waals surface area contributed by atoms with Crippen molar-refractivity contribution in [1.29, 1.82) is 0 Å². The maximum Gasteiger partial charge on any atom is 0.220 e. The first-order chi connectivity index (χ1) is 8.80. The van der Waals surface area contributed by atoms with Crippen LogP contribution in [0.5, 0.6) is 0 Å². The summed E-state index contributed by atoms with van der Waals surface area (Å²) < 4.78 is 6.53. The third kappa shape index (κ3) is 3.82. The van der Waals surface area contributed by atoms with Gasteiger partial charge >= 0.3 is 0 Å². The van der Waals surface area contributed by atoms with Crippen molar-refractivity contribution in [3.63, 3.8) is 0 Å². The molecule has 0 spiro atoms. The van der Waals surface area contributed by atoms with Crippen LogP contribution >= 0.6 is 0 Å². The Bertz CT molecular complexity index is 281. The number of carbonyl (C=O) groups is 1. The first-order valence-corrected chi connectivity index (χ1v) is 9.88. The third-order valence-electron chi connectivity index (χ3n) is 4.56. The van der Waals surface area contributed by atoms with E-state index in [2.05, 4.69) is 46.9 Å². The van der Waals surface area contributed by atoms with Crippen LogP contribution < -0.4 is 5.32 Å². The quantitative estimate of drug-likeness (QED) is 0.753. The number of amides is 1. The van der Waals surface area contributed by atoms with Gasteiger partial charge in [0.2, 0.25) is 5.91 Å². The Morgan fingerprint density at radius 2 is 1.68 bits per heavy atom. The molecule has 0 aromatic rings. The second-order valence-electron chi connectivity index (χ2n) is 6.79. The Labute approximate surface area is 119 Å². The fraction of sp³-hybridized carbons (Fsp3) is 0.933. The second kappa shape index (κ2) is 6.89. The van der Waals surface area contributed by atoms with Crippen LogP contribution in [0.3, 0.4) is 0 Å². The van der Waals surface area contributed by atoms with Gasteiger partial charge in [0, 0.05) is 6.42 Å². The van der Waals surface area contributed by atoms with Crippen LogP contribution in [0.2, 0.25) is 16.6 Å². The van der Waals surface area contributed by atoms with Gasteiger partial charge in [-0.1, -0.05) is 41.5 Å². The van der Waals surface area contributed by atoms with Gasteiger partial charge < -0.3 is 9.74 Å². The first kappa shape index (κ1) is 16.7. The summed E-state index contributed by atoms with van der Waals surface area (Å²) >= 11 is 0. The van der Waals surface area contributed by atoms with E-state index in [1.54, 1.807) is 0 Å². The molecule has 1 N–H and O–H groups in total. The molecule has 0 saturated carbocycles. The largest absolute Gasteiger partial charge is 0.414 e. The molecule has 1 rings (SSSR count). The summed E-state index contributed by atoms with van der Waals surface area (Å²) in [6, 6.07) is 0.226. The topological polar surface area (TPSA) is 38.3 Å². The molecular formula is C15H31NO2Si. The van der Waals surface area contributed by atoms with Crippen molar-refractivity contribution in [3.8, 4) is 0 Å². The molecule has 1 amide bonds. The van der Waals surface area contributed by atoms with Crippen LogP contribution in [-0.2, 0) is 9.22 Å². The lowest BCUT2D eigenvalue weighted by atomic mass is 10.1. The average molecular weight is 286 g/mol. The van der Waals surface area contributed by atoms with E-state index < -0.39 is 8.32 Å². The predicted molar refractivity (Wildman–Crippen MR) is 82.8 cm³/mol. The highest BCUT2D eigenvalue weighted by molar-refractivity contribution is 6.77. The molecule has 1 fully saturated rings. The smallest absolute Gasteiger partial charge is 0.220 e. The zero-order valence-electron chi connectivity index (χ0n) is 13.5. The lowest BCUT2D eigenvalue weighted by Gasteiger charge is -2.43. The van der Waals surface area contributed by atoms with Gasteiger partial charge in [0.25, 0.3) is 0 Å². The lowest BCUT2D eigenvalue weighted by Crippen LogP contribution is -2.51. The minimum Gasteiger partial charge on any atom is -0.414 e. The van der Waals surface area contributed by atoms with Crippen LogP contribution in [0.1, 0.15) is 60.8 Å². The minimum absolute atomic E-state index is 0.186. The van der Waals surface area contributed by atoms with Crippen LogP contribution in [0.4, 0.5) is 0 Å². The van der Waals surface area contributed by atoms with E-state index in [-0.39, 0.29) is 11.9 Å². The van der Waals surface area contributed by atoms with Gasteiger partial charge in [0.1, 0.15) is 0 Å². The second-order valence-corrected chi connectivity index (χ2v) is 12.2. The van der Waals surface area contributed by atoms with Gasteiger partial charge in [-0.3, -0.25) is 4.79 Å². The molecule has 3 nitrogen and oxygen atoms in total. The molecule has 1 aliphatic rings. The fourth-order valence-electron chi connectivity index (χ4n) is 3.75. The molecule has 1 saturated heterocycles. The molecule has 19 heavy (non-hydrogen) atoms. The number of carbonyl (C=O) groups excluding carboxylic acids is 1. The van der Waals surface area contributed by atoms with E-state index in [0.29, 0.717) is 29.7 Å². The normalized spacial score (nSPS) is 21.3. The van der Waals surface area contributed by atoms with Crippen molar-refractivity contribution in [2.45, 2.75) is 83.5 Å². The maximum atomic E-state index is 11.4. The molecule has 0 bridgehead atoms. The average Bonchev–Trinajstić information content (AvgIpc) is 2.28. The highest BCUT2D eigenvalue weighted by atomic mass is 28.4. The predicted octanol–water partition coefficient (Wildman–Crippen LogP) is 3.85. The molecule has 0 aromatic heterocycles. The Kier molecular flexibility index (Phi) is 6.05. The zero-order valence-corrected chi connectivity index (χ0v) is 14.5. The Hall–Kier alpha value is -0.353. The fourth-order valence-corrected chi connectivity index (χ4v) is 9.24. The summed E-state index contributed by atoms with van der Waals surface area (Å²) in [6.07, 6.45) is 2.74. The molecule has 0 unspecified atom stereocenters. The number of rotatable bonds is 6. The molecule has 0 aliphatic carbocycles. The monoisotopic (exact) mass is 285 g/mol. The van der Waals surface area contributed by atoms with Crippen LogP contribution in [0.15, 0.2) is 0 Å². The van der Waals surface area contributed by atoms with Gasteiger partial charge in [0.15, 0.2) is 8.32 Å². The van der Waals surface area contributed by atoms with Crippen LogP contribution in [-0.4, -0.2) is 26.9 Å². The first-order valence-electron chi connectivity index (χ1n) is 7.74. The molecule has 4 heteroatoms. The van der Waals surface area contributed by atoms with E-state index in [1.165, 1.54) is 0 Å². The highest BCUT2D eigenvalue weighted by Gasteiger charge is 2.45. The summed E-state index contributed by atoms with van der Waals surface area (Å²) in [6.45, 7) is 14.5. The number of hydrogen-bond acceptors (Lipinski definition) is 2. The van der Waals surface area contributed by atoms with Crippen LogP contribution in [0, 0.1) is 0 Å². The van der Waals surface area contributed by atoms with Crippen molar-refractivity contribution >= 4 is 14.2 Å². The molecule has 1 heterocycles. The van der Waals surface area contributed by atoms with Gasteiger partial charge in [0.05, 0.1) is 12.6 Å². The summed E-state index contributed by atoms with van der Waals surface area (Å²) in [4.78, 5) is 11.4. The Morgan fingerprint density at radius 1 is 1.16 bits per heavy atom. The van der Waals surface area contributed by atoms with Crippen molar-refractivity contribution in [2.24, 2.45) is 0 Å². The molecule has 0 aromatic carbocycles. The molecule has 112 valence electrons. The van der Waals surface area contributed by atoms with E-state index in [9.17, 15) is 4.79 Å². The van der Waals surface area contributed by atoms with Gasteiger partial charge in [-0.25, -0.2) is 0 Å². The van der Waals surface area contributed by atoms with Gasteiger partial charge in [-0.05, 0) is 29.5 Å². The van der Waals surface area contributed by atoms with E-state index in [4.69, 9.17) is 4.43 Å². The summed E-state index contributed by atoms with van der Waals surface area (Å²) in [7, 11) is -1.78. The zero-order chi connectivity index (χ0) is 14.6. The summed E-state index contributed by atoms with van der Waals surface area (Å²) in [5.41, 5.74) is 1.81. The number of piperidine rings is 1. The minimum atomic E-state index is -1.78. The number of hydrogen-bond donors (Lipinski definition) is 1. The van der Waals surface area contributed by atoms with E-state index in [0.717, 1.165) is 12.8 Å². The van der Waals surface area contributed by atoms with Gasteiger partial charge in [-0.2, -0.15) is 0 Å². The number of nitrogens with one attached hydrogen (secondary N) is 1. The molecular weight excluding hydrogens is 254 g/mol. The highest BCUT2D eigenvalue weighted by Crippen LogP contribution is 2.42. The molecule has 1 aliphatic heterocycles. The van der Waals surface area contributed by atoms with Crippen molar-refractivity contribution in [3.05, 3.63) is 0 Å². The standard InChI is InChI=1S/C15H31NO2Si/c1-11(2)19(12(3)4,13(5)6)18-10-14-8-7-9-15(17)16-14/h11-14H,7-10H2,1-6H3,(H,16,17)/t14-/m1/s1. The van der Waals surface area contributed by atoms with Crippen LogP contribution in [0.25, 0.3) is 0 Å². The van der Waals surface area contributed by atoms with Gasteiger partial charge in [-0.15, -0.1) is 0 Å². The van der Waals surface area contributed by atoms with Crippen molar-refractivity contribution in [1.82, 2.24) is 5.32 Å². The van der Waals surface area contributed by atoms with E-state index >= 15 is 0 Å². The molecule has 0 radical (unpaired) electrons. The van der Waals surface area contributed by atoms with Crippen molar-refractivity contribution in [2.75, 3.05) is 6.61 Å². The Balaban J connectivity index is 2.70. The SMILES string of the molecule is CC(C)[Si](OC[C@H]1CCCC(=O)N1)(C(C)C)C(C)C. The summed E-state index contributed by atoms with van der Waals surface area (Å²) in [5.74, 6) is 0.186. The molecule has 1 atom stereocenters. The maximum absolute atomic E-state index is 11.4. The lowest BCUT2D eigenvalue weighted by molar-refractivity contribution is -0.123. The Morgan fingerprint density at radius 3 is 2.11 bits per heavy atom.